The van der Waals surface area contributed by atoms with Crippen molar-refractivity contribution >= 4 is 10.8 Å². The summed E-state index contributed by atoms with van der Waals surface area (Å²) in [7, 11) is 0. The van der Waals surface area contributed by atoms with Crippen LogP contribution in [-0.4, -0.2) is 24.7 Å². The lowest BCUT2D eigenvalue weighted by Gasteiger charge is -2.09. The maximum atomic E-state index is 5.57. The normalized spacial score (nSPS) is 11.3. The van der Waals surface area contributed by atoms with Gasteiger partial charge in [0.2, 0.25) is 0 Å². The molecule has 0 aliphatic rings. The van der Waals surface area contributed by atoms with Crippen LogP contribution >= 0.6 is 0 Å². The van der Waals surface area contributed by atoms with E-state index in [-0.39, 0.29) is 0 Å². The van der Waals surface area contributed by atoms with Crippen LogP contribution in [0.25, 0.3) is 10.8 Å². The van der Waals surface area contributed by atoms with Crippen LogP contribution in [-0.2, 0) is 11.3 Å². The van der Waals surface area contributed by atoms with Crippen molar-refractivity contribution in [2.45, 2.75) is 26.8 Å². The van der Waals surface area contributed by atoms with Crippen molar-refractivity contribution in [3.05, 3.63) is 42.2 Å². The standard InChI is InChI=1S/C17H24N2O/c1-14(2)13-20-9-5-8-18-11-16-12-19-10-15-6-3-4-7-17(15)16/h3-4,6-7,10,12,14,18H,5,8-9,11,13H2,1-2H3. The van der Waals surface area contributed by atoms with Gasteiger partial charge >= 0.3 is 0 Å². The fourth-order valence-electron chi connectivity index (χ4n) is 2.16. The first-order chi connectivity index (χ1) is 9.77. The summed E-state index contributed by atoms with van der Waals surface area (Å²) >= 11 is 0. The number of hydrogen-bond donors (Lipinski definition) is 1. The van der Waals surface area contributed by atoms with Crippen molar-refractivity contribution in [3.8, 4) is 0 Å². The first kappa shape index (κ1) is 14.9. The molecule has 0 aliphatic heterocycles. The van der Waals surface area contributed by atoms with Crippen LogP contribution in [0.3, 0.4) is 0 Å². The predicted molar refractivity (Wildman–Crippen MR) is 83.7 cm³/mol. The molecule has 0 spiro atoms. The molecular formula is C17H24N2O. The number of ether oxygens (including phenoxy) is 1. The van der Waals surface area contributed by atoms with Crippen molar-refractivity contribution in [2.24, 2.45) is 5.92 Å². The fourth-order valence-corrected chi connectivity index (χ4v) is 2.16. The van der Waals surface area contributed by atoms with Crippen molar-refractivity contribution in [2.75, 3.05) is 19.8 Å². The molecule has 1 aromatic heterocycles. The fraction of sp³-hybridized carbons (Fsp3) is 0.471. The van der Waals surface area contributed by atoms with E-state index < -0.39 is 0 Å². The van der Waals surface area contributed by atoms with Gasteiger partial charge in [0.1, 0.15) is 0 Å². The van der Waals surface area contributed by atoms with E-state index in [9.17, 15) is 0 Å². The predicted octanol–water partition coefficient (Wildman–Crippen LogP) is 3.39. The van der Waals surface area contributed by atoms with E-state index in [0.29, 0.717) is 5.92 Å². The zero-order valence-electron chi connectivity index (χ0n) is 12.4. The minimum Gasteiger partial charge on any atom is -0.381 e. The summed E-state index contributed by atoms with van der Waals surface area (Å²) in [5.41, 5.74) is 1.26. The van der Waals surface area contributed by atoms with Crippen LogP contribution in [0.2, 0.25) is 0 Å². The van der Waals surface area contributed by atoms with E-state index in [0.717, 1.165) is 32.7 Å². The van der Waals surface area contributed by atoms with Crippen molar-refractivity contribution < 1.29 is 4.74 Å². The third kappa shape index (κ3) is 4.58. The third-order valence-electron chi connectivity index (χ3n) is 3.16. The highest BCUT2D eigenvalue weighted by Gasteiger charge is 2.00. The lowest BCUT2D eigenvalue weighted by Crippen LogP contribution is -2.17. The number of pyridine rings is 1. The second-order valence-corrected chi connectivity index (χ2v) is 5.52. The minimum atomic E-state index is 0.615. The van der Waals surface area contributed by atoms with Gasteiger partial charge in [-0.2, -0.15) is 0 Å². The Morgan fingerprint density at radius 3 is 2.90 bits per heavy atom. The second kappa shape index (κ2) is 7.98. The quantitative estimate of drug-likeness (QED) is 0.748. The van der Waals surface area contributed by atoms with Gasteiger partial charge < -0.3 is 10.1 Å². The Morgan fingerprint density at radius 2 is 2.05 bits per heavy atom. The number of nitrogens with one attached hydrogen (secondary N) is 1. The Labute approximate surface area is 121 Å². The van der Waals surface area contributed by atoms with Gasteiger partial charge in [-0.1, -0.05) is 38.1 Å². The molecule has 1 aromatic carbocycles. The molecule has 0 fully saturated rings. The molecule has 2 rings (SSSR count). The number of hydrogen-bond acceptors (Lipinski definition) is 3. The first-order valence-corrected chi connectivity index (χ1v) is 7.37. The molecule has 0 radical (unpaired) electrons. The lowest BCUT2D eigenvalue weighted by molar-refractivity contribution is 0.108. The molecule has 20 heavy (non-hydrogen) atoms. The summed E-state index contributed by atoms with van der Waals surface area (Å²) in [5.74, 6) is 0.615. The van der Waals surface area contributed by atoms with E-state index in [2.05, 4.69) is 42.3 Å². The Morgan fingerprint density at radius 1 is 1.20 bits per heavy atom. The molecule has 2 aromatic rings. The SMILES string of the molecule is CC(C)COCCCNCc1cncc2ccccc12. The molecule has 0 amide bonds. The van der Waals surface area contributed by atoms with Gasteiger partial charge in [0, 0.05) is 37.5 Å². The lowest BCUT2D eigenvalue weighted by atomic mass is 10.1. The van der Waals surface area contributed by atoms with Gasteiger partial charge in [-0.15, -0.1) is 0 Å². The summed E-state index contributed by atoms with van der Waals surface area (Å²) in [5, 5.41) is 5.95. The van der Waals surface area contributed by atoms with Gasteiger partial charge in [0.25, 0.3) is 0 Å². The maximum absolute atomic E-state index is 5.57. The number of fused-ring (bicyclic) bond motifs is 1. The molecule has 0 unspecified atom stereocenters. The van der Waals surface area contributed by atoms with Crippen molar-refractivity contribution in [1.82, 2.24) is 10.3 Å². The van der Waals surface area contributed by atoms with Crippen LogP contribution in [0.4, 0.5) is 0 Å². The maximum Gasteiger partial charge on any atom is 0.0489 e. The van der Waals surface area contributed by atoms with Crippen LogP contribution in [0.1, 0.15) is 25.8 Å². The van der Waals surface area contributed by atoms with Gasteiger partial charge in [-0.3, -0.25) is 4.98 Å². The highest BCUT2D eigenvalue weighted by molar-refractivity contribution is 5.84. The highest BCUT2D eigenvalue weighted by Crippen LogP contribution is 2.16. The Hall–Kier alpha value is -1.45. The van der Waals surface area contributed by atoms with E-state index in [1.165, 1.54) is 16.3 Å². The second-order valence-electron chi connectivity index (χ2n) is 5.52. The minimum absolute atomic E-state index is 0.615. The topological polar surface area (TPSA) is 34.1 Å². The van der Waals surface area contributed by atoms with Crippen molar-refractivity contribution in [1.29, 1.82) is 0 Å². The van der Waals surface area contributed by atoms with E-state index in [1.54, 1.807) is 0 Å². The molecule has 3 heteroatoms. The number of nitrogens with zero attached hydrogens (tertiary/aromatic N) is 1. The van der Waals surface area contributed by atoms with Gasteiger partial charge in [0.15, 0.2) is 0 Å². The van der Waals surface area contributed by atoms with E-state index >= 15 is 0 Å². The van der Waals surface area contributed by atoms with Gasteiger partial charge in [-0.05, 0) is 29.8 Å². The summed E-state index contributed by atoms with van der Waals surface area (Å²) < 4.78 is 5.57. The van der Waals surface area contributed by atoms with Crippen LogP contribution in [0, 0.1) is 5.92 Å². The summed E-state index contributed by atoms with van der Waals surface area (Å²) in [6.07, 6.45) is 4.91. The summed E-state index contributed by atoms with van der Waals surface area (Å²) in [6.45, 7) is 7.86. The largest absolute Gasteiger partial charge is 0.381 e. The number of rotatable bonds is 8. The molecule has 0 saturated carbocycles. The van der Waals surface area contributed by atoms with Crippen molar-refractivity contribution in [3.63, 3.8) is 0 Å². The molecular weight excluding hydrogens is 248 g/mol. The Bertz CT molecular complexity index is 520. The smallest absolute Gasteiger partial charge is 0.0489 e. The number of benzene rings is 1. The molecule has 0 aliphatic carbocycles. The first-order valence-electron chi connectivity index (χ1n) is 7.37. The summed E-state index contributed by atoms with van der Waals surface area (Å²) in [6, 6.07) is 8.38. The Balaban J connectivity index is 1.73. The van der Waals surface area contributed by atoms with E-state index in [4.69, 9.17) is 4.74 Å². The van der Waals surface area contributed by atoms with E-state index in [1.807, 2.05) is 18.5 Å². The third-order valence-corrected chi connectivity index (χ3v) is 3.16. The van der Waals surface area contributed by atoms with Gasteiger partial charge in [0.05, 0.1) is 0 Å². The summed E-state index contributed by atoms with van der Waals surface area (Å²) in [4.78, 5) is 4.30. The van der Waals surface area contributed by atoms with Crippen LogP contribution < -0.4 is 5.32 Å². The molecule has 0 saturated heterocycles. The molecule has 0 bridgehead atoms. The Kier molecular flexibility index (Phi) is 5.96. The highest BCUT2D eigenvalue weighted by atomic mass is 16.5. The molecule has 3 nitrogen and oxygen atoms in total. The monoisotopic (exact) mass is 272 g/mol. The zero-order valence-corrected chi connectivity index (χ0v) is 12.4. The molecule has 1 N–H and O–H groups in total. The average Bonchev–Trinajstić information content (AvgIpc) is 2.46. The molecule has 1 heterocycles. The zero-order chi connectivity index (χ0) is 14.2. The van der Waals surface area contributed by atoms with Crippen LogP contribution in [0.15, 0.2) is 36.7 Å². The average molecular weight is 272 g/mol. The van der Waals surface area contributed by atoms with Gasteiger partial charge in [-0.25, -0.2) is 0 Å². The molecule has 108 valence electrons. The molecule has 0 atom stereocenters. The number of aromatic nitrogens is 1. The van der Waals surface area contributed by atoms with Crippen LogP contribution in [0.5, 0.6) is 0 Å².